The molecule has 2 aromatic heterocycles. The molecule has 1 amide bonds. The van der Waals surface area contributed by atoms with Crippen molar-refractivity contribution in [3.8, 4) is 5.69 Å². The minimum atomic E-state index is -0.285. The van der Waals surface area contributed by atoms with Gasteiger partial charge in [-0.2, -0.15) is 5.10 Å². The van der Waals surface area contributed by atoms with Crippen LogP contribution in [0.4, 0.5) is 0 Å². The average molecular weight is 430 g/mol. The number of thioether (sulfide) groups is 1. The maximum absolute atomic E-state index is 13.0. The molecule has 0 unspecified atom stereocenters. The van der Waals surface area contributed by atoms with Crippen LogP contribution in [0, 0.1) is 0 Å². The summed E-state index contributed by atoms with van der Waals surface area (Å²) in [6.07, 6.45) is 6.45. The van der Waals surface area contributed by atoms with Crippen molar-refractivity contribution in [2.24, 2.45) is 0 Å². The molecule has 0 radical (unpaired) electrons. The van der Waals surface area contributed by atoms with Crippen molar-refractivity contribution in [2.45, 2.75) is 42.5 Å². The Morgan fingerprint density at radius 1 is 1.13 bits per heavy atom. The Morgan fingerprint density at radius 3 is 2.81 bits per heavy atom. The molecule has 1 aliphatic carbocycles. The third-order valence-corrected chi connectivity index (χ3v) is 6.79. The van der Waals surface area contributed by atoms with Crippen LogP contribution >= 0.6 is 11.8 Å². The Hall–Kier alpha value is -3.19. The van der Waals surface area contributed by atoms with Gasteiger partial charge in [-0.1, -0.05) is 54.2 Å². The van der Waals surface area contributed by atoms with E-state index in [1.165, 1.54) is 29.2 Å². The highest BCUT2D eigenvalue weighted by atomic mass is 32.2. The number of fused-ring (bicyclic) bond motifs is 2. The first-order valence-electron chi connectivity index (χ1n) is 10.5. The molecule has 7 heteroatoms. The van der Waals surface area contributed by atoms with Crippen LogP contribution in [0.1, 0.15) is 36.9 Å². The zero-order chi connectivity index (χ0) is 21.2. The van der Waals surface area contributed by atoms with Crippen LogP contribution in [-0.4, -0.2) is 30.9 Å². The molecule has 2 atom stereocenters. The third-order valence-electron chi connectivity index (χ3n) is 5.67. The largest absolute Gasteiger partial charge is 0.348 e. The van der Waals surface area contributed by atoms with Crippen molar-refractivity contribution in [3.05, 3.63) is 78.2 Å². The number of amides is 1. The second-order valence-electron chi connectivity index (χ2n) is 7.72. The molecule has 0 fully saturated rings. The fourth-order valence-electron chi connectivity index (χ4n) is 4.09. The van der Waals surface area contributed by atoms with Crippen LogP contribution in [0.3, 0.4) is 0 Å². The second-order valence-corrected chi connectivity index (χ2v) is 9.05. The highest BCUT2D eigenvalue weighted by Gasteiger charge is 2.25. The van der Waals surface area contributed by atoms with Gasteiger partial charge in [-0.3, -0.25) is 4.79 Å². The molecule has 0 spiro atoms. The fourth-order valence-corrected chi connectivity index (χ4v) is 4.98. The molecule has 31 heavy (non-hydrogen) atoms. The average Bonchev–Trinajstić information content (AvgIpc) is 3.25. The number of benzene rings is 2. The summed E-state index contributed by atoms with van der Waals surface area (Å²) >= 11 is 1.44. The minimum Gasteiger partial charge on any atom is -0.348 e. The summed E-state index contributed by atoms with van der Waals surface area (Å²) in [5, 5.41) is 9.07. The van der Waals surface area contributed by atoms with Gasteiger partial charge >= 0.3 is 0 Å². The maximum Gasteiger partial charge on any atom is 0.233 e. The lowest BCUT2D eigenvalue weighted by atomic mass is 9.88. The van der Waals surface area contributed by atoms with E-state index in [2.05, 4.69) is 38.6 Å². The number of hydrogen-bond donors (Lipinski definition) is 1. The van der Waals surface area contributed by atoms with E-state index >= 15 is 0 Å². The lowest BCUT2D eigenvalue weighted by molar-refractivity contribution is -0.121. The van der Waals surface area contributed by atoms with Gasteiger partial charge in [-0.15, -0.1) is 0 Å². The topological polar surface area (TPSA) is 72.7 Å². The van der Waals surface area contributed by atoms with Gasteiger partial charge in [0, 0.05) is 0 Å². The van der Waals surface area contributed by atoms with Gasteiger partial charge in [0.05, 0.1) is 28.6 Å². The summed E-state index contributed by atoms with van der Waals surface area (Å²) in [4.78, 5) is 21.9. The molecular weight excluding hydrogens is 406 g/mol. The SMILES string of the molecule is C[C@H](Sc1ncnc2c1cnn2-c1ccccc1)C(=O)N[C@H]1CCCc2ccccc21. The Kier molecular flexibility index (Phi) is 5.42. The summed E-state index contributed by atoms with van der Waals surface area (Å²) < 4.78 is 1.80. The number of hydrogen-bond acceptors (Lipinski definition) is 5. The van der Waals surface area contributed by atoms with Gasteiger partial charge in [0.1, 0.15) is 11.4 Å². The number of carbonyl (C=O) groups is 1. The van der Waals surface area contributed by atoms with Crippen molar-refractivity contribution in [1.82, 2.24) is 25.1 Å². The van der Waals surface area contributed by atoms with Gasteiger partial charge in [0.2, 0.25) is 5.91 Å². The summed E-state index contributed by atoms with van der Waals surface area (Å²) in [5.41, 5.74) is 4.25. The molecule has 1 N–H and O–H groups in total. The van der Waals surface area contributed by atoms with Gasteiger partial charge in [-0.25, -0.2) is 14.6 Å². The van der Waals surface area contributed by atoms with Crippen LogP contribution in [0.5, 0.6) is 0 Å². The highest BCUT2D eigenvalue weighted by molar-refractivity contribution is 8.00. The van der Waals surface area contributed by atoms with E-state index in [9.17, 15) is 4.79 Å². The number of aromatic nitrogens is 4. The van der Waals surface area contributed by atoms with Gasteiger partial charge in [0.15, 0.2) is 5.65 Å². The first kappa shape index (κ1) is 19.8. The molecule has 1 aliphatic rings. The predicted molar refractivity (Wildman–Crippen MR) is 122 cm³/mol. The van der Waals surface area contributed by atoms with Crippen molar-refractivity contribution in [2.75, 3.05) is 0 Å². The highest BCUT2D eigenvalue weighted by Crippen LogP contribution is 2.32. The van der Waals surface area contributed by atoms with Crippen molar-refractivity contribution in [1.29, 1.82) is 0 Å². The normalized spacial score (nSPS) is 16.6. The first-order valence-corrected chi connectivity index (χ1v) is 11.4. The van der Waals surface area contributed by atoms with Crippen LogP contribution < -0.4 is 5.32 Å². The van der Waals surface area contributed by atoms with E-state index < -0.39 is 0 Å². The molecule has 5 rings (SSSR count). The fraction of sp³-hybridized carbons (Fsp3) is 0.250. The molecule has 156 valence electrons. The Balaban J connectivity index is 1.34. The second kappa shape index (κ2) is 8.51. The molecule has 0 saturated carbocycles. The Labute approximate surface area is 185 Å². The standard InChI is InChI=1S/C24H23N5OS/c1-16(23(30)28-21-13-7-9-17-8-5-6-12-19(17)21)31-24-20-14-27-29(22(20)25-15-26-24)18-10-3-2-4-11-18/h2-6,8,10-12,14-16,21H,7,9,13H2,1H3,(H,28,30)/t16-,21-/m0/s1. The van der Waals surface area contributed by atoms with E-state index in [1.807, 2.05) is 43.3 Å². The van der Waals surface area contributed by atoms with E-state index in [-0.39, 0.29) is 17.2 Å². The molecule has 4 aromatic rings. The molecule has 0 saturated heterocycles. The summed E-state index contributed by atoms with van der Waals surface area (Å²) in [7, 11) is 0. The number of rotatable bonds is 5. The van der Waals surface area contributed by atoms with Crippen molar-refractivity contribution >= 4 is 28.7 Å². The molecular formula is C24H23N5OS. The summed E-state index contributed by atoms with van der Waals surface area (Å²) in [5.74, 6) is 0.0221. The molecule has 2 heterocycles. The van der Waals surface area contributed by atoms with Gasteiger partial charge in [0.25, 0.3) is 0 Å². The lowest BCUT2D eigenvalue weighted by Gasteiger charge is -2.27. The summed E-state index contributed by atoms with van der Waals surface area (Å²) in [6.45, 7) is 1.92. The molecule has 0 bridgehead atoms. The number of nitrogens with one attached hydrogen (secondary N) is 1. The van der Waals surface area contributed by atoms with Crippen molar-refractivity contribution in [3.63, 3.8) is 0 Å². The van der Waals surface area contributed by atoms with E-state index in [0.717, 1.165) is 41.0 Å². The third kappa shape index (κ3) is 3.93. The van der Waals surface area contributed by atoms with Crippen LogP contribution in [0.15, 0.2) is 72.1 Å². The lowest BCUT2D eigenvalue weighted by Crippen LogP contribution is -2.35. The Bertz CT molecular complexity index is 1220. The molecule has 6 nitrogen and oxygen atoms in total. The minimum absolute atomic E-state index is 0.0221. The predicted octanol–water partition coefficient (Wildman–Crippen LogP) is 4.49. The zero-order valence-electron chi connectivity index (χ0n) is 17.2. The monoisotopic (exact) mass is 429 g/mol. The van der Waals surface area contributed by atoms with Gasteiger partial charge < -0.3 is 5.32 Å². The van der Waals surface area contributed by atoms with Crippen LogP contribution in [0.25, 0.3) is 16.7 Å². The van der Waals surface area contributed by atoms with Crippen LogP contribution in [-0.2, 0) is 11.2 Å². The Morgan fingerprint density at radius 2 is 1.94 bits per heavy atom. The quantitative estimate of drug-likeness (QED) is 0.374. The summed E-state index contributed by atoms with van der Waals surface area (Å²) in [6, 6.07) is 18.4. The van der Waals surface area contributed by atoms with E-state index in [0.29, 0.717) is 0 Å². The van der Waals surface area contributed by atoms with E-state index in [4.69, 9.17) is 0 Å². The number of para-hydroxylation sites is 1. The van der Waals surface area contributed by atoms with Gasteiger partial charge in [-0.05, 0) is 49.4 Å². The van der Waals surface area contributed by atoms with Crippen LogP contribution in [0.2, 0.25) is 0 Å². The van der Waals surface area contributed by atoms with E-state index in [1.54, 1.807) is 10.9 Å². The number of aryl methyl sites for hydroxylation is 1. The first-order chi connectivity index (χ1) is 15.2. The number of nitrogens with zero attached hydrogens (tertiary/aromatic N) is 4. The molecule has 0 aliphatic heterocycles. The maximum atomic E-state index is 13.0. The number of carbonyl (C=O) groups excluding carboxylic acids is 1. The van der Waals surface area contributed by atoms with Crippen molar-refractivity contribution < 1.29 is 4.79 Å². The molecule has 2 aromatic carbocycles. The zero-order valence-corrected chi connectivity index (χ0v) is 18.0. The smallest absolute Gasteiger partial charge is 0.233 e.